The number of nitrogens with two attached hydrogens (primary N) is 1. The molecule has 0 aromatic heterocycles. The summed E-state index contributed by atoms with van der Waals surface area (Å²) in [5.74, 6) is -2.54. The Morgan fingerprint density at radius 3 is 1.80 bits per heavy atom. The van der Waals surface area contributed by atoms with Crippen LogP contribution in [0.1, 0.15) is 45.0 Å². The van der Waals surface area contributed by atoms with Crippen LogP contribution in [-0.2, 0) is 9.53 Å². The first-order valence-electron chi connectivity index (χ1n) is 12.5. The molecule has 1 atom stereocenters. The molecular formula is C30H22F6N4O5. The van der Waals surface area contributed by atoms with Crippen molar-refractivity contribution >= 4 is 23.7 Å². The maximum Gasteiger partial charge on any atom is 0.338 e. The van der Waals surface area contributed by atoms with Crippen molar-refractivity contribution in [1.82, 2.24) is 10.4 Å². The van der Waals surface area contributed by atoms with Crippen molar-refractivity contribution in [3.05, 3.63) is 142 Å². The minimum atomic E-state index is -1.47. The predicted octanol–water partition coefficient (Wildman–Crippen LogP) is 5.44. The molecule has 5 rings (SSSR count). The Bertz CT molecular complexity index is 1740. The van der Waals surface area contributed by atoms with Crippen LogP contribution in [0.25, 0.3) is 0 Å². The van der Waals surface area contributed by atoms with Crippen molar-refractivity contribution in [3.63, 3.8) is 0 Å². The van der Waals surface area contributed by atoms with E-state index in [2.05, 4.69) is 5.10 Å². The normalized spacial score (nSPS) is 13.3. The number of carboxylic acids is 1. The number of hydrazone groups is 1. The summed E-state index contributed by atoms with van der Waals surface area (Å²) in [5.41, 5.74) is 1.22. The Morgan fingerprint density at radius 2 is 1.29 bits per heavy atom. The van der Waals surface area contributed by atoms with E-state index in [1.165, 1.54) is 6.92 Å². The van der Waals surface area contributed by atoms with Gasteiger partial charge < -0.3 is 9.84 Å². The minimum absolute atomic E-state index is 0.121. The zero-order valence-corrected chi connectivity index (χ0v) is 23.0. The van der Waals surface area contributed by atoms with Crippen molar-refractivity contribution in [2.45, 2.75) is 13.2 Å². The van der Waals surface area contributed by atoms with Crippen LogP contribution in [0.4, 0.5) is 26.3 Å². The molecule has 0 bridgehead atoms. The van der Waals surface area contributed by atoms with Gasteiger partial charge in [0, 0.05) is 12.5 Å². The van der Waals surface area contributed by atoms with Crippen LogP contribution >= 0.6 is 0 Å². The fourth-order valence-corrected chi connectivity index (χ4v) is 3.58. The molecule has 234 valence electrons. The van der Waals surface area contributed by atoms with Gasteiger partial charge in [-0.1, -0.05) is 30.3 Å². The van der Waals surface area contributed by atoms with E-state index in [1.54, 1.807) is 29.7 Å². The summed E-state index contributed by atoms with van der Waals surface area (Å²) in [5, 5.41) is 13.4. The van der Waals surface area contributed by atoms with Crippen molar-refractivity contribution in [2.75, 3.05) is 0 Å². The SMILES string of the molecule is CC(=O)N1N=C(c2cc(F)ccc2F)OC1c1ccccc1.NNC(=O)c1cc(F)ccc1F.O=C(O)c1cc(F)ccc1F. The lowest BCUT2D eigenvalue weighted by atomic mass is 10.2. The quantitative estimate of drug-likeness (QED) is 0.119. The molecule has 4 N–H and O–H groups in total. The summed E-state index contributed by atoms with van der Waals surface area (Å²) in [6, 6.07) is 16.7. The number of ether oxygens (including phenoxy) is 1. The molecule has 4 aromatic carbocycles. The minimum Gasteiger partial charge on any atom is -0.478 e. The smallest absolute Gasteiger partial charge is 0.338 e. The number of carbonyl (C=O) groups excluding carboxylic acids is 2. The number of nitrogens with one attached hydrogen (secondary N) is 1. The van der Waals surface area contributed by atoms with E-state index in [4.69, 9.17) is 15.7 Å². The first-order valence-corrected chi connectivity index (χ1v) is 12.5. The Morgan fingerprint density at radius 1 is 0.778 bits per heavy atom. The number of hydrogen-bond donors (Lipinski definition) is 3. The Balaban J connectivity index is 0.000000203. The van der Waals surface area contributed by atoms with Crippen molar-refractivity contribution < 1.29 is 50.6 Å². The van der Waals surface area contributed by atoms with Gasteiger partial charge in [-0.25, -0.2) is 37.0 Å². The molecule has 1 unspecified atom stereocenters. The van der Waals surface area contributed by atoms with Crippen molar-refractivity contribution in [3.8, 4) is 0 Å². The highest BCUT2D eigenvalue weighted by Gasteiger charge is 2.34. The lowest BCUT2D eigenvalue weighted by Gasteiger charge is -2.19. The zero-order valence-electron chi connectivity index (χ0n) is 23.0. The topological polar surface area (TPSA) is 134 Å². The van der Waals surface area contributed by atoms with Gasteiger partial charge in [-0.2, -0.15) is 5.01 Å². The lowest BCUT2D eigenvalue weighted by Crippen LogP contribution is -2.30. The molecule has 45 heavy (non-hydrogen) atoms. The molecule has 1 aliphatic heterocycles. The van der Waals surface area contributed by atoms with Gasteiger partial charge in [0.2, 0.25) is 18.0 Å². The highest BCUT2D eigenvalue weighted by molar-refractivity contribution is 5.96. The van der Waals surface area contributed by atoms with Gasteiger partial charge in [0.25, 0.3) is 5.91 Å². The predicted molar refractivity (Wildman–Crippen MR) is 147 cm³/mol. The van der Waals surface area contributed by atoms with Crippen LogP contribution in [0.15, 0.2) is 90.0 Å². The van der Waals surface area contributed by atoms with E-state index in [0.29, 0.717) is 11.6 Å². The lowest BCUT2D eigenvalue weighted by molar-refractivity contribution is -0.135. The molecule has 0 spiro atoms. The van der Waals surface area contributed by atoms with Crippen LogP contribution in [0.5, 0.6) is 0 Å². The molecule has 0 saturated heterocycles. The maximum atomic E-state index is 13.8. The number of carboxylic acid groups (broad SMARTS) is 1. The van der Waals surface area contributed by atoms with E-state index in [-0.39, 0.29) is 17.4 Å². The molecular weight excluding hydrogens is 610 g/mol. The number of hydrazine groups is 1. The van der Waals surface area contributed by atoms with Crippen LogP contribution in [0.2, 0.25) is 0 Å². The highest BCUT2D eigenvalue weighted by Crippen LogP contribution is 2.30. The molecule has 1 heterocycles. The maximum absolute atomic E-state index is 13.8. The highest BCUT2D eigenvalue weighted by atomic mass is 19.1. The van der Waals surface area contributed by atoms with Crippen molar-refractivity contribution in [2.24, 2.45) is 10.9 Å². The van der Waals surface area contributed by atoms with Gasteiger partial charge in [-0.3, -0.25) is 15.0 Å². The third-order valence-corrected chi connectivity index (χ3v) is 5.67. The number of carbonyl (C=O) groups is 3. The summed E-state index contributed by atoms with van der Waals surface area (Å²) in [7, 11) is 0. The fraction of sp³-hybridized carbons (Fsp3) is 0.0667. The van der Waals surface area contributed by atoms with Crippen molar-refractivity contribution in [1.29, 1.82) is 0 Å². The molecule has 0 saturated carbocycles. The third-order valence-electron chi connectivity index (χ3n) is 5.67. The standard InChI is InChI=1S/C16H12F2N2O2.C7H6F2N2O.C7H4F2O2/c1-10(21)20-16(11-5-3-2-4-6-11)22-15(19-20)13-9-12(17)7-8-14(13)18;8-4-1-2-6(9)5(3-4)7(12)11-10;8-4-1-2-6(9)5(3-4)7(10)11/h2-9,16H,1H3;1-3H,10H2,(H,11,12);1-3H,(H,10,11). The molecule has 2 amide bonds. The Kier molecular flexibility index (Phi) is 11.4. The molecule has 9 nitrogen and oxygen atoms in total. The number of amides is 2. The van der Waals surface area contributed by atoms with Gasteiger partial charge in [-0.15, -0.1) is 5.10 Å². The van der Waals surface area contributed by atoms with E-state index >= 15 is 0 Å². The molecule has 0 radical (unpaired) electrons. The second-order valence-electron chi connectivity index (χ2n) is 8.80. The molecule has 4 aromatic rings. The molecule has 15 heteroatoms. The third kappa shape index (κ3) is 8.90. The van der Waals surface area contributed by atoms with Crippen LogP contribution in [0, 0.1) is 34.9 Å². The van der Waals surface area contributed by atoms with Crippen LogP contribution in [-0.4, -0.2) is 33.8 Å². The van der Waals surface area contributed by atoms with E-state index in [0.717, 1.165) is 53.5 Å². The van der Waals surface area contributed by atoms with Crippen LogP contribution < -0.4 is 11.3 Å². The first-order chi connectivity index (χ1) is 21.3. The number of nitrogens with zero attached hydrogens (tertiary/aromatic N) is 2. The van der Waals surface area contributed by atoms with Gasteiger partial charge >= 0.3 is 5.97 Å². The second-order valence-corrected chi connectivity index (χ2v) is 8.80. The van der Waals surface area contributed by atoms with E-state index < -0.39 is 64.1 Å². The summed E-state index contributed by atoms with van der Waals surface area (Å²) < 4.78 is 82.7. The fourth-order valence-electron chi connectivity index (χ4n) is 3.58. The summed E-state index contributed by atoms with van der Waals surface area (Å²) >= 11 is 0. The summed E-state index contributed by atoms with van der Waals surface area (Å²) in [6.07, 6.45) is -0.795. The number of rotatable bonds is 4. The van der Waals surface area contributed by atoms with Gasteiger partial charge in [0.1, 0.15) is 34.9 Å². The monoisotopic (exact) mass is 632 g/mol. The molecule has 0 fully saturated rings. The summed E-state index contributed by atoms with van der Waals surface area (Å²) in [4.78, 5) is 32.6. The van der Waals surface area contributed by atoms with Crippen LogP contribution in [0.3, 0.4) is 0 Å². The molecule has 1 aliphatic rings. The number of benzene rings is 4. The number of halogens is 6. The largest absolute Gasteiger partial charge is 0.478 e. The Labute approximate surface area is 251 Å². The average molecular weight is 633 g/mol. The number of hydrogen-bond acceptors (Lipinski definition) is 6. The average Bonchev–Trinajstić information content (AvgIpc) is 3.47. The number of aromatic carboxylic acids is 1. The Hall–Kier alpha value is -5.70. The van der Waals surface area contributed by atoms with E-state index in [1.807, 2.05) is 6.07 Å². The summed E-state index contributed by atoms with van der Waals surface area (Å²) in [6.45, 7) is 1.33. The second kappa shape index (κ2) is 15.2. The number of nitrogen functional groups attached to an aromatic ring is 1. The zero-order chi connectivity index (χ0) is 33.3. The first kappa shape index (κ1) is 33.8. The van der Waals surface area contributed by atoms with Gasteiger partial charge in [0.05, 0.1) is 16.7 Å². The van der Waals surface area contributed by atoms with Gasteiger partial charge in [0.15, 0.2) is 0 Å². The molecule has 0 aliphatic carbocycles. The van der Waals surface area contributed by atoms with E-state index in [9.17, 15) is 40.7 Å². The van der Waals surface area contributed by atoms with Gasteiger partial charge in [-0.05, 0) is 54.6 Å².